The molecule has 0 aromatic heterocycles. The fraction of sp³-hybridized carbons (Fsp3) is 0.700. The van der Waals surface area contributed by atoms with Crippen LogP contribution in [0.1, 0.15) is 32.6 Å². The lowest BCUT2D eigenvalue weighted by atomic mass is 9.91. The van der Waals surface area contributed by atoms with Crippen LogP contribution < -0.4 is 5.32 Å². The maximum absolute atomic E-state index is 13.2. The molecule has 2 nitrogen and oxygen atoms in total. The molecule has 14 heavy (non-hydrogen) atoms. The third-order valence-electron chi connectivity index (χ3n) is 2.40. The molecule has 1 rings (SSSR count). The van der Waals surface area contributed by atoms with Crippen LogP contribution in [0.15, 0.2) is 12.2 Å². The number of alkyl halides is 2. The summed E-state index contributed by atoms with van der Waals surface area (Å²) in [5, 5.41) is 2.33. The molecular formula is C10H15F2NO. The van der Waals surface area contributed by atoms with E-state index in [2.05, 4.69) is 5.32 Å². The first-order valence-electron chi connectivity index (χ1n) is 4.87. The standard InChI is InChI=1S/C10H15F2NO/c1-2-5-9(14)13-8-6-3-4-7-10(8,11)12/h2,5,8H,3-4,6-7H2,1H3,(H,13,14)/b5-2+. The van der Waals surface area contributed by atoms with Gasteiger partial charge in [-0.1, -0.05) is 12.5 Å². The summed E-state index contributed by atoms with van der Waals surface area (Å²) < 4.78 is 26.5. The highest BCUT2D eigenvalue weighted by atomic mass is 19.3. The SMILES string of the molecule is C/C=C/C(=O)NC1CCCCC1(F)F. The Bertz CT molecular complexity index is 238. The highest BCUT2D eigenvalue weighted by molar-refractivity contribution is 5.87. The molecule has 4 heteroatoms. The molecular weight excluding hydrogens is 188 g/mol. The molecule has 1 saturated carbocycles. The summed E-state index contributed by atoms with van der Waals surface area (Å²) in [6, 6.07) is -0.986. The predicted molar refractivity (Wildman–Crippen MR) is 50.2 cm³/mol. The van der Waals surface area contributed by atoms with Gasteiger partial charge in [-0.15, -0.1) is 0 Å². The van der Waals surface area contributed by atoms with Gasteiger partial charge in [0.2, 0.25) is 5.91 Å². The van der Waals surface area contributed by atoms with Crippen molar-refractivity contribution < 1.29 is 13.6 Å². The number of rotatable bonds is 2. The van der Waals surface area contributed by atoms with Crippen LogP contribution >= 0.6 is 0 Å². The van der Waals surface area contributed by atoms with Gasteiger partial charge in [0.15, 0.2) is 0 Å². The van der Waals surface area contributed by atoms with Crippen molar-refractivity contribution in [2.75, 3.05) is 0 Å². The van der Waals surface area contributed by atoms with Crippen LogP contribution in [0.3, 0.4) is 0 Å². The Morgan fingerprint density at radius 2 is 2.21 bits per heavy atom. The topological polar surface area (TPSA) is 29.1 Å². The molecule has 0 bridgehead atoms. The second-order valence-electron chi connectivity index (χ2n) is 3.57. The highest BCUT2D eigenvalue weighted by Crippen LogP contribution is 2.33. The summed E-state index contributed by atoms with van der Waals surface area (Å²) in [4.78, 5) is 11.1. The Labute approximate surface area is 82.4 Å². The summed E-state index contributed by atoms with van der Waals surface area (Å²) in [6.07, 6.45) is 4.37. The Balaban J connectivity index is 2.53. The molecule has 1 fully saturated rings. The van der Waals surface area contributed by atoms with Gasteiger partial charge < -0.3 is 5.32 Å². The molecule has 80 valence electrons. The molecule has 0 radical (unpaired) electrons. The van der Waals surface area contributed by atoms with Crippen molar-refractivity contribution in [2.24, 2.45) is 0 Å². The average Bonchev–Trinajstić information content (AvgIpc) is 2.09. The minimum atomic E-state index is -2.74. The van der Waals surface area contributed by atoms with Crippen molar-refractivity contribution in [3.63, 3.8) is 0 Å². The van der Waals surface area contributed by atoms with E-state index in [0.29, 0.717) is 12.8 Å². The summed E-state index contributed by atoms with van der Waals surface area (Å²) in [5.41, 5.74) is 0. The summed E-state index contributed by atoms with van der Waals surface area (Å²) >= 11 is 0. The predicted octanol–water partition coefficient (Wildman–Crippen LogP) is 2.26. The molecule has 0 aliphatic heterocycles. The van der Waals surface area contributed by atoms with Crippen LogP contribution in [0.5, 0.6) is 0 Å². The van der Waals surface area contributed by atoms with Crippen molar-refractivity contribution in [3.8, 4) is 0 Å². The Hall–Kier alpha value is -0.930. The first-order valence-corrected chi connectivity index (χ1v) is 4.87. The molecule has 1 amide bonds. The number of allylic oxidation sites excluding steroid dienone is 1. The van der Waals surface area contributed by atoms with E-state index in [9.17, 15) is 13.6 Å². The van der Waals surface area contributed by atoms with Gasteiger partial charge in [-0.05, 0) is 25.8 Å². The molecule has 0 saturated heterocycles. The second-order valence-corrected chi connectivity index (χ2v) is 3.57. The minimum absolute atomic E-state index is 0.117. The first kappa shape index (κ1) is 11.1. The third-order valence-corrected chi connectivity index (χ3v) is 2.40. The maximum Gasteiger partial charge on any atom is 0.267 e. The monoisotopic (exact) mass is 203 g/mol. The van der Waals surface area contributed by atoms with Gasteiger partial charge in [0.25, 0.3) is 5.92 Å². The molecule has 1 unspecified atom stereocenters. The van der Waals surface area contributed by atoms with Gasteiger partial charge in [0, 0.05) is 6.42 Å². The fourth-order valence-electron chi connectivity index (χ4n) is 1.64. The van der Waals surface area contributed by atoms with E-state index >= 15 is 0 Å². The number of nitrogens with one attached hydrogen (secondary N) is 1. The zero-order chi connectivity index (χ0) is 10.6. The number of carbonyl (C=O) groups excluding carboxylic acids is 1. The molecule has 0 aromatic rings. The van der Waals surface area contributed by atoms with E-state index in [1.54, 1.807) is 6.92 Å². The lowest BCUT2D eigenvalue weighted by molar-refractivity contribution is -0.123. The van der Waals surface area contributed by atoms with Gasteiger partial charge in [-0.3, -0.25) is 4.79 Å². The second kappa shape index (κ2) is 4.53. The van der Waals surface area contributed by atoms with Crippen LogP contribution in [0.25, 0.3) is 0 Å². The molecule has 0 heterocycles. The van der Waals surface area contributed by atoms with Crippen molar-refractivity contribution >= 4 is 5.91 Å². The Morgan fingerprint density at radius 1 is 1.50 bits per heavy atom. The minimum Gasteiger partial charge on any atom is -0.344 e. The molecule has 1 atom stereocenters. The van der Waals surface area contributed by atoms with Crippen LogP contribution in [0.4, 0.5) is 8.78 Å². The quantitative estimate of drug-likeness (QED) is 0.685. The Morgan fingerprint density at radius 3 is 2.79 bits per heavy atom. The lowest BCUT2D eigenvalue weighted by Crippen LogP contribution is -2.48. The van der Waals surface area contributed by atoms with E-state index in [-0.39, 0.29) is 6.42 Å². The molecule has 0 spiro atoms. The van der Waals surface area contributed by atoms with Crippen molar-refractivity contribution in [3.05, 3.63) is 12.2 Å². The van der Waals surface area contributed by atoms with Crippen molar-refractivity contribution in [2.45, 2.75) is 44.6 Å². The van der Waals surface area contributed by atoms with Gasteiger partial charge in [0.05, 0.1) is 6.04 Å². The van der Waals surface area contributed by atoms with Crippen LogP contribution in [0.2, 0.25) is 0 Å². The number of amides is 1. The number of hydrogen-bond acceptors (Lipinski definition) is 1. The Kier molecular flexibility index (Phi) is 3.61. The third kappa shape index (κ3) is 2.79. The highest BCUT2D eigenvalue weighted by Gasteiger charge is 2.41. The number of carbonyl (C=O) groups is 1. The first-order chi connectivity index (χ1) is 6.56. The molecule has 0 aromatic carbocycles. The van der Waals surface area contributed by atoms with Gasteiger partial charge in [-0.2, -0.15) is 0 Å². The zero-order valence-electron chi connectivity index (χ0n) is 8.22. The smallest absolute Gasteiger partial charge is 0.267 e. The summed E-state index contributed by atoms with van der Waals surface area (Å²) in [5.74, 6) is -3.17. The zero-order valence-corrected chi connectivity index (χ0v) is 8.22. The average molecular weight is 203 g/mol. The fourth-order valence-corrected chi connectivity index (χ4v) is 1.64. The summed E-state index contributed by atoms with van der Waals surface area (Å²) in [7, 11) is 0. The lowest BCUT2D eigenvalue weighted by Gasteiger charge is -2.31. The normalized spacial score (nSPS) is 26.4. The van der Waals surface area contributed by atoms with E-state index in [0.717, 1.165) is 6.42 Å². The molecule has 1 aliphatic carbocycles. The van der Waals surface area contributed by atoms with Gasteiger partial charge >= 0.3 is 0 Å². The number of hydrogen-bond donors (Lipinski definition) is 1. The van der Waals surface area contributed by atoms with Gasteiger partial charge in [0.1, 0.15) is 0 Å². The van der Waals surface area contributed by atoms with Crippen LogP contribution in [0, 0.1) is 0 Å². The van der Waals surface area contributed by atoms with Crippen molar-refractivity contribution in [1.82, 2.24) is 5.32 Å². The van der Waals surface area contributed by atoms with Crippen LogP contribution in [-0.4, -0.2) is 17.9 Å². The molecule has 1 aliphatic rings. The number of halogens is 2. The van der Waals surface area contributed by atoms with E-state index < -0.39 is 17.9 Å². The summed E-state index contributed by atoms with van der Waals surface area (Å²) in [6.45, 7) is 1.68. The van der Waals surface area contributed by atoms with Gasteiger partial charge in [-0.25, -0.2) is 8.78 Å². The van der Waals surface area contributed by atoms with E-state index in [1.165, 1.54) is 12.2 Å². The van der Waals surface area contributed by atoms with E-state index in [4.69, 9.17) is 0 Å². The van der Waals surface area contributed by atoms with Crippen molar-refractivity contribution in [1.29, 1.82) is 0 Å². The maximum atomic E-state index is 13.2. The molecule has 1 N–H and O–H groups in total. The van der Waals surface area contributed by atoms with E-state index in [1.807, 2.05) is 0 Å². The largest absolute Gasteiger partial charge is 0.344 e. The van der Waals surface area contributed by atoms with Crippen LogP contribution in [-0.2, 0) is 4.79 Å².